The number of aromatic nitrogens is 2. The van der Waals surface area contributed by atoms with Crippen molar-refractivity contribution in [2.45, 2.75) is 43.5 Å². The van der Waals surface area contributed by atoms with Crippen molar-refractivity contribution in [3.63, 3.8) is 0 Å². The van der Waals surface area contributed by atoms with Crippen LogP contribution < -0.4 is 0 Å². The van der Waals surface area contributed by atoms with E-state index in [9.17, 15) is 21.6 Å². The zero-order valence-electron chi connectivity index (χ0n) is 14.8. The third-order valence-corrected chi connectivity index (χ3v) is 7.63. The molecular formula is C15H20BrF3N2O3SSi. The normalized spacial score (nSPS) is 13.5. The molecule has 0 spiro atoms. The Kier molecular flexibility index (Phi) is 5.96. The van der Waals surface area contributed by atoms with Crippen LogP contribution in [0.5, 0.6) is 0 Å². The number of sulfone groups is 1. The lowest BCUT2D eigenvalue weighted by Gasteiger charge is -2.15. The highest BCUT2D eigenvalue weighted by Crippen LogP contribution is 2.40. The van der Waals surface area contributed by atoms with Gasteiger partial charge in [-0.25, -0.2) is 13.1 Å². The van der Waals surface area contributed by atoms with Gasteiger partial charge >= 0.3 is 6.18 Å². The van der Waals surface area contributed by atoms with Gasteiger partial charge in [-0.15, -0.1) is 0 Å². The number of fused-ring (bicyclic) bond motifs is 1. The number of hydrogen-bond acceptors (Lipinski definition) is 4. The summed E-state index contributed by atoms with van der Waals surface area (Å²) in [7, 11) is -5.01. The zero-order chi connectivity index (χ0) is 19.9. The van der Waals surface area contributed by atoms with Gasteiger partial charge in [0.25, 0.3) is 0 Å². The van der Waals surface area contributed by atoms with Gasteiger partial charge in [0.15, 0.2) is 15.5 Å². The molecule has 0 radical (unpaired) electrons. The first-order chi connectivity index (χ1) is 11.7. The van der Waals surface area contributed by atoms with Gasteiger partial charge in [0.05, 0.1) is 10.4 Å². The van der Waals surface area contributed by atoms with Gasteiger partial charge in [-0.2, -0.15) is 18.3 Å². The van der Waals surface area contributed by atoms with E-state index in [1.807, 2.05) is 0 Å². The molecular weight excluding hydrogens is 453 g/mol. The van der Waals surface area contributed by atoms with Crippen LogP contribution in [0.4, 0.5) is 13.2 Å². The summed E-state index contributed by atoms with van der Waals surface area (Å²) in [6, 6.07) is 3.46. The van der Waals surface area contributed by atoms with Crippen LogP contribution in [0.3, 0.4) is 0 Å². The molecule has 0 bridgehead atoms. The average molecular weight is 473 g/mol. The van der Waals surface area contributed by atoms with E-state index in [0.29, 0.717) is 6.61 Å². The Bertz CT molecular complexity index is 921. The minimum absolute atomic E-state index is 0.137. The van der Waals surface area contributed by atoms with Crippen molar-refractivity contribution in [2.75, 3.05) is 12.9 Å². The van der Waals surface area contributed by atoms with Crippen LogP contribution in [-0.4, -0.2) is 39.1 Å². The molecule has 0 N–H and O–H groups in total. The first kappa shape index (κ1) is 21.4. The molecule has 0 aliphatic carbocycles. The van der Waals surface area contributed by atoms with Crippen molar-refractivity contribution in [3.8, 4) is 0 Å². The number of benzene rings is 1. The highest BCUT2D eigenvalue weighted by Gasteiger charge is 2.38. The summed E-state index contributed by atoms with van der Waals surface area (Å²) in [4.78, 5) is -0.213. The molecule has 0 amide bonds. The first-order valence-electron chi connectivity index (χ1n) is 7.76. The van der Waals surface area contributed by atoms with Crippen LogP contribution >= 0.6 is 15.9 Å². The Morgan fingerprint density at radius 2 is 1.88 bits per heavy atom. The summed E-state index contributed by atoms with van der Waals surface area (Å²) < 4.78 is 70.3. The third kappa shape index (κ3) is 4.87. The molecule has 5 nitrogen and oxygen atoms in total. The average Bonchev–Trinajstić information content (AvgIpc) is 2.81. The fraction of sp³-hybridized carbons (Fsp3) is 0.533. The Hall–Kier alpha value is -0.913. The maximum absolute atomic E-state index is 13.4. The van der Waals surface area contributed by atoms with E-state index in [1.165, 1.54) is 12.1 Å². The van der Waals surface area contributed by atoms with Gasteiger partial charge in [0.2, 0.25) is 0 Å². The van der Waals surface area contributed by atoms with Crippen molar-refractivity contribution in [1.29, 1.82) is 0 Å². The SMILES string of the molecule is C[Si](C)(C)CCOCn1nc(C(F)(F)F)c2c(Br)c(S(C)(=O)=O)ccc21. The predicted octanol–water partition coefficient (Wildman–Crippen LogP) is 4.53. The van der Waals surface area contributed by atoms with E-state index in [4.69, 9.17) is 4.74 Å². The second kappa shape index (κ2) is 7.25. The van der Waals surface area contributed by atoms with Gasteiger partial charge < -0.3 is 4.74 Å². The molecule has 0 unspecified atom stereocenters. The van der Waals surface area contributed by atoms with Crippen LogP contribution in [-0.2, 0) is 27.5 Å². The number of alkyl halides is 3. The Balaban J connectivity index is 2.49. The van der Waals surface area contributed by atoms with Crippen LogP contribution in [0.2, 0.25) is 25.7 Å². The topological polar surface area (TPSA) is 61.2 Å². The van der Waals surface area contributed by atoms with Crippen molar-refractivity contribution in [1.82, 2.24) is 9.78 Å². The van der Waals surface area contributed by atoms with Gasteiger partial charge in [-0.3, -0.25) is 0 Å². The van der Waals surface area contributed by atoms with Gasteiger partial charge in [-0.1, -0.05) is 19.6 Å². The van der Waals surface area contributed by atoms with E-state index in [2.05, 4.69) is 40.7 Å². The van der Waals surface area contributed by atoms with Crippen molar-refractivity contribution in [3.05, 3.63) is 22.3 Å². The smallest absolute Gasteiger partial charge is 0.360 e. The zero-order valence-corrected chi connectivity index (χ0v) is 18.2. The van der Waals surface area contributed by atoms with Gasteiger partial charge in [-0.05, 0) is 34.1 Å². The van der Waals surface area contributed by atoms with Crippen molar-refractivity contribution in [2.24, 2.45) is 0 Å². The molecule has 0 aliphatic heterocycles. The maximum atomic E-state index is 13.4. The minimum atomic E-state index is -4.72. The Labute approximate surface area is 159 Å². The van der Waals surface area contributed by atoms with Crippen LogP contribution in [0, 0.1) is 0 Å². The molecule has 1 heterocycles. The number of ether oxygens (including phenoxy) is 1. The van der Waals surface area contributed by atoms with E-state index < -0.39 is 29.8 Å². The summed E-state index contributed by atoms with van der Waals surface area (Å²) in [5.41, 5.74) is -0.983. The first-order valence-corrected chi connectivity index (χ1v) is 14.1. The Morgan fingerprint density at radius 3 is 2.38 bits per heavy atom. The fourth-order valence-electron chi connectivity index (χ4n) is 2.32. The van der Waals surface area contributed by atoms with E-state index in [0.717, 1.165) is 17.0 Å². The molecule has 1 aromatic heterocycles. The highest BCUT2D eigenvalue weighted by atomic mass is 79.9. The van der Waals surface area contributed by atoms with Crippen LogP contribution in [0.1, 0.15) is 5.69 Å². The second-order valence-corrected chi connectivity index (χ2v) is 15.6. The lowest BCUT2D eigenvalue weighted by atomic mass is 10.2. The van der Waals surface area contributed by atoms with Crippen LogP contribution in [0.15, 0.2) is 21.5 Å². The second-order valence-electron chi connectivity index (χ2n) is 7.24. The molecule has 0 atom stereocenters. The summed E-state index contributed by atoms with van der Waals surface area (Å²) in [5.74, 6) is 0. The Morgan fingerprint density at radius 1 is 1.27 bits per heavy atom. The van der Waals surface area contributed by atoms with Crippen molar-refractivity contribution >= 4 is 44.7 Å². The predicted molar refractivity (Wildman–Crippen MR) is 99.6 cm³/mol. The molecule has 0 aliphatic rings. The largest absolute Gasteiger partial charge is 0.435 e. The molecule has 0 saturated heterocycles. The summed E-state index contributed by atoms with van der Waals surface area (Å²) >= 11 is 3.01. The molecule has 1 aromatic carbocycles. The van der Waals surface area contributed by atoms with E-state index in [1.54, 1.807) is 0 Å². The van der Waals surface area contributed by atoms with Crippen LogP contribution in [0.25, 0.3) is 10.9 Å². The lowest BCUT2D eigenvalue weighted by molar-refractivity contribution is -0.140. The number of nitrogens with zero attached hydrogens (tertiary/aromatic N) is 2. The molecule has 0 saturated carbocycles. The minimum Gasteiger partial charge on any atom is -0.360 e. The van der Waals surface area contributed by atoms with Gasteiger partial charge in [0.1, 0.15) is 6.73 Å². The van der Waals surface area contributed by atoms with Gasteiger partial charge in [0, 0.05) is 30.8 Å². The summed E-state index contributed by atoms with van der Waals surface area (Å²) in [5, 5.41) is 3.35. The number of halogens is 4. The summed E-state index contributed by atoms with van der Waals surface area (Å²) in [6.45, 7) is 6.81. The summed E-state index contributed by atoms with van der Waals surface area (Å²) in [6.07, 6.45) is -3.78. The van der Waals surface area contributed by atoms with Crippen molar-refractivity contribution < 1.29 is 26.3 Å². The molecule has 2 aromatic rings. The molecule has 2 rings (SSSR count). The third-order valence-electron chi connectivity index (χ3n) is 3.70. The quantitative estimate of drug-likeness (QED) is 0.457. The van der Waals surface area contributed by atoms with E-state index >= 15 is 0 Å². The standard InChI is InChI=1S/C15H20BrF3N2O3SSi/c1-25(22,23)11-6-5-10-12(13(11)16)14(15(17,18)19)20-21(10)9-24-7-8-26(2,3)4/h5-6H,7-9H2,1-4H3. The molecule has 146 valence electrons. The molecule has 26 heavy (non-hydrogen) atoms. The molecule has 11 heteroatoms. The highest BCUT2D eigenvalue weighted by molar-refractivity contribution is 9.10. The maximum Gasteiger partial charge on any atom is 0.435 e. The molecule has 0 fully saturated rings. The number of rotatable bonds is 6. The fourth-order valence-corrected chi connectivity index (χ4v) is 5.23. The lowest BCUT2D eigenvalue weighted by Crippen LogP contribution is -2.22. The monoisotopic (exact) mass is 472 g/mol. The number of hydrogen-bond donors (Lipinski definition) is 0. The van der Waals surface area contributed by atoms with E-state index in [-0.39, 0.29) is 27.0 Å².